The second-order valence-electron chi connectivity index (χ2n) is 3.12. The Morgan fingerprint density at radius 3 is 2.79 bits per heavy atom. The first-order chi connectivity index (χ1) is 6.63. The molecule has 0 saturated carbocycles. The van der Waals surface area contributed by atoms with Crippen LogP contribution in [-0.2, 0) is 0 Å². The van der Waals surface area contributed by atoms with Crippen LogP contribution in [0.4, 0.5) is 8.78 Å². The van der Waals surface area contributed by atoms with Gasteiger partial charge in [-0.15, -0.1) is 0 Å². The number of aromatic nitrogens is 1. The van der Waals surface area contributed by atoms with Gasteiger partial charge in [0, 0.05) is 12.3 Å². The van der Waals surface area contributed by atoms with Gasteiger partial charge in [-0.05, 0) is 24.0 Å². The Morgan fingerprint density at radius 1 is 1.50 bits per heavy atom. The van der Waals surface area contributed by atoms with Crippen LogP contribution in [0.3, 0.4) is 0 Å². The lowest BCUT2D eigenvalue weighted by atomic mass is 10.0. The van der Waals surface area contributed by atoms with Crippen molar-refractivity contribution in [2.24, 2.45) is 0 Å². The van der Waals surface area contributed by atoms with Gasteiger partial charge in [0.15, 0.2) is 0 Å². The van der Waals surface area contributed by atoms with Gasteiger partial charge in [-0.25, -0.2) is 4.98 Å². The number of nitrogens with zero attached hydrogens (tertiary/aromatic N) is 1. The predicted molar refractivity (Wildman–Crippen MR) is 49.6 cm³/mol. The van der Waals surface area contributed by atoms with Crippen LogP contribution in [-0.4, -0.2) is 11.6 Å². The maximum atomic E-state index is 11.9. The van der Waals surface area contributed by atoms with Crippen LogP contribution in [0, 0.1) is 0 Å². The van der Waals surface area contributed by atoms with Crippen molar-refractivity contribution in [3.8, 4) is 5.88 Å². The molecule has 2 nitrogen and oxygen atoms in total. The monoisotopic (exact) mass is 201 g/mol. The SMILES string of the molecule is CCC(C)c1ccnc(OC(F)F)c1. The fraction of sp³-hybridized carbons (Fsp3) is 0.500. The minimum Gasteiger partial charge on any atom is -0.417 e. The topological polar surface area (TPSA) is 22.1 Å². The Bertz CT molecular complexity index is 291. The Kier molecular flexibility index (Phi) is 3.80. The molecular formula is C10H13F2NO. The smallest absolute Gasteiger partial charge is 0.388 e. The molecule has 0 fully saturated rings. The quantitative estimate of drug-likeness (QED) is 0.746. The molecule has 0 N–H and O–H groups in total. The third-order valence-corrected chi connectivity index (χ3v) is 2.15. The molecule has 1 aromatic heterocycles. The molecule has 0 saturated heterocycles. The summed E-state index contributed by atoms with van der Waals surface area (Å²) in [7, 11) is 0. The molecule has 4 heteroatoms. The summed E-state index contributed by atoms with van der Waals surface area (Å²) < 4.78 is 28.0. The van der Waals surface area contributed by atoms with E-state index in [9.17, 15) is 8.78 Å². The van der Waals surface area contributed by atoms with Crippen molar-refractivity contribution in [1.29, 1.82) is 0 Å². The van der Waals surface area contributed by atoms with E-state index in [1.807, 2.05) is 19.9 Å². The number of alkyl halides is 2. The average Bonchev–Trinajstić information content (AvgIpc) is 2.16. The zero-order valence-electron chi connectivity index (χ0n) is 8.21. The van der Waals surface area contributed by atoms with Gasteiger partial charge in [0.1, 0.15) is 0 Å². The fourth-order valence-electron chi connectivity index (χ4n) is 1.12. The maximum Gasteiger partial charge on any atom is 0.388 e. The first-order valence-electron chi connectivity index (χ1n) is 4.54. The van der Waals surface area contributed by atoms with Gasteiger partial charge in [-0.2, -0.15) is 8.78 Å². The summed E-state index contributed by atoms with van der Waals surface area (Å²) in [6.07, 6.45) is 2.44. The highest BCUT2D eigenvalue weighted by Crippen LogP contribution is 2.21. The molecular weight excluding hydrogens is 188 g/mol. The van der Waals surface area contributed by atoms with Crippen molar-refractivity contribution < 1.29 is 13.5 Å². The van der Waals surface area contributed by atoms with Gasteiger partial charge < -0.3 is 4.74 Å². The van der Waals surface area contributed by atoms with Crippen LogP contribution in [0.15, 0.2) is 18.3 Å². The summed E-state index contributed by atoms with van der Waals surface area (Å²) in [5, 5.41) is 0. The zero-order chi connectivity index (χ0) is 10.6. The van der Waals surface area contributed by atoms with Crippen molar-refractivity contribution in [3.63, 3.8) is 0 Å². The standard InChI is InChI=1S/C10H13F2NO/c1-3-7(2)8-4-5-13-9(6-8)14-10(11)12/h4-7,10H,3H2,1-2H3. The van der Waals surface area contributed by atoms with Crippen LogP contribution < -0.4 is 4.74 Å². The molecule has 1 unspecified atom stereocenters. The van der Waals surface area contributed by atoms with Crippen LogP contribution in [0.25, 0.3) is 0 Å². The first kappa shape index (κ1) is 10.9. The third-order valence-electron chi connectivity index (χ3n) is 2.15. The molecule has 0 spiro atoms. The fourth-order valence-corrected chi connectivity index (χ4v) is 1.12. The summed E-state index contributed by atoms with van der Waals surface area (Å²) in [5.74, 6) is 0.316. The first-order valence-corrected chi connectivity index (χ1v) is 4.54. The summed E-state index contributed by atoms with van der Waals surface area (Å²) >= 11 is 0. The molecule has 0 bridgehead atoms. The van der Waals surface area contributed by atoms with Crippen molar-refractivity contribution in [2.45, 2.75) is 32.8 Å². The van der Waals surface area contributed by atoms with Gasteiger partial charge in [0.25, 0.3) is 0 Å². The summed E-state index contributed by atoms with van der Waals surface area (Å²) in [5.41, 5.74) is 0.971. The summed E-state index contributed by atoms with van der Waals surface area (Å²) in [6, 6.07) is 3.37. The number of hydrogen-bond acceptors (Lipinski definition) is 2. The summed E-state index contributed by atoms with van der Waals surface area (Å²) in [6.45, 7) is 1.26. The number of ether oxygens (including phenoxy) is 1. The van der Waals surface area contributed by atoms with Crippen LogP contribution in [0.2, 0.25) is 0 Å². The Labute approximate surface area is 81.9 Å². The molecule has 0 radical (unpaired) electrons. The van der Waals surface area contributed by atoms with Gasteiger partial charge in [0.05, 0.1) is 0 Å². The molecule has 0 aliphatic heterocycles. The zero-order valence-corrected chi connectivity index (χ0v) is 8.21. The summed E-state index contributed by atoms with van der Waals surface area (Å²) in [4.78, 5) is 3.69. The Hall–Kier alpha value is -1.19. The molecule has 1 aromatic rings. The predicted octanol–water partition coefficient (Wildman–Crippen LogP) is 3.20. The van der Waals surface area contributed by atoms with Crippen molar-refractivity contribution in [3.05, 3.63) is 23.9 Å². The lowest BCUT2D eigenvalue weighted by Crippen LogP contribution is -2.04. The molecule has 14 heavy (non-hydrogen) atoms. The van der Waals surface area contributed by atoms with E-state index in [2.05, 4.69) is 9.72 Å². The lowest BCUT2D eigenvalue weighted by Gasteiger charge is -2.10. The Morgan fingerprint density at radius 2 is 2.21 bits per heavy atom. The number of halogens is 2. The van der Waals surface area contributed by atoms with E-state index in [0.717, 1.165) is 12.0 Å². The second-order valence-corrected chi connectivity index (χ2v) is 3.12. The van der Waals surface area contributed by atoms with E-state index in [0.29, 0.717) is 5.92 Å². The molecule has 0 amide bonds. The molecule has 0 aliphatic rings. The number of rotatable bonds is 4. The number of pyridine rings is 1. The van der Waals surface area contributed by atoms with Gasteiger partial charge in [-0.3, -0.25) is 0 Å². The minimum atomic E-state index is -2.81. The minimum absolute atomic E-state index is 0.0159. The molecule has 78 valence electrons. The molecule has 0 aliphatic carbocycles. The highest BCUT2D eigenvalue weighted by atomic mass is 19.3. The number of hydrogen-bond donors (Lipinski definition) is 0. The molecule has 0 aromatic carbocycles. The van der Waals surface area contributed by atoms with Crippen LogP contribution >= 0.6 is 0 Å². The van der Waals surface area contributed by atoms with Crippen molar-refractivity contribution >= 4 is 0 Å². The largest absolute Gasteiger partial charge is 0.417 e. The van der Waals surface area contributed by atoms with E-state index in [1.165, 1.54) is 6.20 Å². The van der Waals surface area contributed by atoms with E-state index in [-0.39, 0.29) is 5.88 Å². The van der Waals surface area contributed by atoms with E-state index in [1.54, 1.807) is 6.07 Å². The second kappa shape index (κ2) is 4.88. The normalized spacial score (nSPS) is 12.9. The molecule has 1 heterocycles. The Balaban J connectivity index is 2.78. The van der Waals surface area contributed by atoms with E-state index < -0.39 is 6.61 Å². The third kappa shape index (κ3) is 2.94. The van der Waals surface area contributed by atoms with Crippen molar-refractivity contribution in [1.82, 2.24) is 4.98 Å². The van der Waals surface area contributed by atoms with Gasteiger partial charge in [0.2, 0.25) is 5.88 Å². The highest BCUT2D eigenvalue weighted by molar-refractivity contribution is 5.23. The highest BCUT2D eigenvalue weighted by Gasteiger charge is 2.08. The molecule has 1 rings (SSSR count). The van der Waals surface area contributed by atoms with E-state index in [4.69, 9.17) is 0 Å². The van der Waals surface area contributed by atoms with Crippen LogP contribution in [0.5, 0.6) is 5.88 Å². The van der Waals surface area contributed by atoms with Gasteiger partial charge >= 0.3 is 6.61 Å². The maximum absolute atomic E-state index is 11.9. The lowest BCUT2D eigenvalue weighted by molar-refractivity contribution is -0.0529. The van der Waals surface area contributed by atoms with Crippen molar-refractivity contribution in [2.75, 3.05) is 0 Å². The van der Waals surface area contributed by atoms with Crippen LogP contribution in [0.1, 0.15) is 31.7 Å². The molecule has 1 atom stereocenters. The average molecular weight is 201 g/mol. The van der Waals surface area contributed by atoms with Gasteiger partial charge in [-0.1, -0.05) is 13.8 Å². The van der Waals surface area contributed by atoms with E-state index >= 15 is 0 Å².